The second-order valence-corrected chi connectivity index (χ2v) is 6.39. The van der Waals surface area contributed by atoms with Crippen molar-refractivity contribution in [2.75, 3.05) is 18.0 Å². The van der Waals surface area contributed by atoms with Crippen LogP contribution >= 0.6 is 0 Å². The van der Waals surface area contributed by atoms with Gasteiger partial charge in [-0.3, -0.25) is 9.36 Å². The van der Waals surface area contributed by atoms with Crippen molar-refractivity contribution < 1.29 is 13.6 Å². The Morgan fingerprint density at radius 2 is 2.07 bits per heavy atom. The average Bonchev–Trinajstić information content (AvgIpc) is 3.33. The van der Waals surface area contributed by atoms with E-state index >= 15 is 0 Å². The molecule has 9 heteroatoms. The van der Waals surface area contributed by atoms with E-state index in [0.29, 0.717) is 25.5 Å². The molecule has 28 heavy (non-hydrogen) atoms. The van der Waals surface area contributed by atoms with E-state index in [0.717, 1.165) is 28.8 Å². The third-order valence-electron chi connectivity index (χ3n) is 4.46. The van der Waals surface area contributed by atoms with E-state index in [1.54, 1.807) is 4.90 Å². The largest absolute Gasteiger partial charge is 0.357 e. The number of amides is 1. The SMILES string of the molecule is CCNC(=NCc1ccc(N2CCCC2=O)cc1)NCc1nccn1C(F)F. The Morgan fingerprint density at radius 1 is 1.29 bits per heavy atom. The lowest BCUT2D eigenvalue weighted by Gasteiger charge is -2.16. The molecule has 7 nitrogen and oxygen atoms in total. The Bertz CT molecular complexity index is 818. The van der Waals surface area contributed by atoms with Crippen LogP contribution in [0.25, 0.3) is 0 Å². The van der Waals surface area contributed by atoms with Gasteiger partial charge < -0.3 is 15.5 Å². The van der Waals surface area contributed by atoms with Gasteiger partial charge in [-0.25, -0.2) is 9.98 Å². The molecule has 150 valence electrons. The number of anilines is 1. The van der Waals surface area contributed by atoms with Crippen molar-refractivity contribution >= 4 is 17.6 Å². The first-order valence-electron chi connectivity index (χ1n) is 9.30. The number of hydrogen-bond acceptors (Lipinski definition) is 3. The number of hydrogen-bond donors (Lipinski definition) is 2. The number of aliphatic imine (C=N–C) groups is 1. The third-order valence-corrected chi connectivity index (χ3v) is 4.46. The van der Waals surface area contributed by atoms with Crippen molar-refractivity contribution in [2.24, 2.45) is 4.99 Å². The molecule has 0 saturated carbocycles. The Balaban J connectivity index is 1.60. The van der Waals surface area contributed by atoms with Gasteiger partial charge in [0, 0.05) is 37.6 Å². The van der Waals surface area contributed by atoms with Crippen LogP contribution in [0, 0.1) is 0 Å². The van der Waals surface area contributed by atoms with E-state index in [1.807, 2.05) is 31.2 Å². The summed E-state index contributed by atoms with van der Waals surface area (Å²) in [5.41, 5.74) is 1.89. The van der Waals surface area contributed by atoms with Gasteiger partial charge in [0.2, 0.25) is 5.91 Å². The molecular formula is C19H24F2N6O. The molecule has 1 aliphatic heterocycles. The first-order chi connectivity index (χ1) is 13.6. The Hall–Kier alpha value is -2.97. The fourth-order valence-corrected chi connectivity index (χ4v) is 3.04. The molecule has 0 radical (unpaired) electrons. The summed E-state index contributed by atoms with van der Waals surface area (Å²) in [6.07, 6.45) is 4.10. The summed E-state index contributed by atoms with van der Waals surface area (Å²) in [6.45, 7) is 1.27. The van der Waals surface area contributed by atoms with Gasteiger partial charge in [0.1, 0.15) is 5.82 Å². The summed E-state index contributed by atoms with van der Waals surface area (Å²) in [6, 6.07) is 7.73. The molecule has 1 aliphatic rings. The number of imidazole rings is 1. The highest BCUT2D eigenvalue weighted by Crippen LogP contribution is 2.21. The number of benzene rings is 1. The summed E-state index contributed by atoms with van der Waals surface area (Å²) < 4.78 is 26.6. The van der Waals surface area contributed by atoms with E-state index in [-0.39, 0.29) is 18.3 Å². The molecule has 1 aromatic heterocycles. The minimum atomic E-state index is -2.63. The number of rotatable bonds is 7. The predicted molar refractivity (Wildman–Crippen MR) is 103 cm³/mol. The summed E-state index contributed by atoms with van der Waals surface area (Å²) in [5, 5.41) is 6.11. The van der Waals surface area contributed by atoms with Gasteiger partial charge in [-0.05, 0) is 31.0 Å². The lowest BCUT2D eigenvalue weighted by molar-refractivity contribution is -0.117. The maximum atomic E-state index is 12.9. The molecule has 0 spiro atoms. The molecule has 2 heterocycles. The predicted octanol–water partition coefficient (Wildman–Crippen LogP) is 2.66. The third kappa shape index (κ3) is 4.85. The Labute approximate surface area is 162 Å². The molecule has 2 aromatic rings. The van der Waals surface area contributed by atoms with Crippen molar-refractivity contribution in [3.63, 3.8) is 0 Å². The lowest BCUT2D eigenvalue weighted by Crippen LogP contribution is -2.37. The second kappa shape index (κ2) is 9.29. The van der Waals surface area contributed by atoms with Crippen LogP contribution in [0.1, 0.15) is 37.7 Å². The van der Waals surface area contributed by atoms with Gasteiger partial charge >= 0.3 is 6.55 Å². The minimum absolute atomic E-state index is 0.138. The number of halogens is 2. The maximum Gasteiger partial charge on any atom is 0.319 e. The molecule has 0 unspecified atom stereocenters. The van der Waals surface area contributed by atoms with Crippen LogP contribution < -0.4 is 15.5 Å². The van der Waals surface area contributed by atoms with E-state index < -0.39 is 6.55 Å². The first kappa shape index (κ1) is 19.8. The Kier molecular flexibility index (Phi) is 6.57. The van der Waals surface area contributed by atoms with Crippen molar-refractivity contribution in [1.29, 1.82) is 0 Å². The summed E-state index contributed by atoms with van der Waals surface area (Å²) in [4.78, 5) is 22.0. The number of guanidine groups is 1. The van der Waals surface area contributed by atoms with Crippen LogP contribution in [0.3, 0.4) is 0 Å². The molecule has 2 N–H and O–H groups in total. The maximum absolute atomic E-state index is 12.9. The highest BCUT2D eigenvalue weighted by molar-refractivity contribution is 5.95. The van der Waals surface area contributed by atoms with Gasteiger partial charge in [0.25, 0.3) is 0 Å². The van der Waals surface area contributed by atoms with Crippen molar-refractivity contribution in [2.45, 2.75) is 39.4 Å². The smallest absolute Gasteiger partial charge is 0.319 e. The standard InChI is InChI=1S/C19H24F2N6O/c1-2-22-19(25-13-16-23-9-11-27(16)18(20)21)24-12-14-5-7-15(8-6-14)26-10-3-4-17(26)28/h5-9,11,18H,2-4,10,12-13H2,1H3,(H2,22,24,25). The van der Waals surface area contributed by atoms with Crippen LogP contribution in [-0.2, 0) is 17.9 Å². The van der Waals surface area contributed by atoms with Crippen LogP contribution in [0.5, 0.6) is 0 Å². The zero-order valence-corrected chi connectivity index (χ0v) is 15.7. The molecule has 0 atom stereocenters. The number of alkyl halides is 2. The van der Waals surface area contributed by atoms with Gasteiger partial charge in [-0.2, -0.15) is 8.78 Å². The number of carbonyl (C=O) groups is 1. The average molecular weight is 390 g/mol. The molecule has 1 aromatic carbocycles. The van der Waals surface area contributed by atoms with E-state index in [4.69, 9.17) is 0 Å². The zero-order chi connectivity index (χ0) is 19.9. The first-order valence-corrected chi connectivity index (χ1v) is 9.30. The molecule has 1 saturated heterocycles. The van der Waals surface area contributed by atoms with Gasteiger partial charge in [-0.1, -0.05) is 12.1 Å². The molecule has 3 rings (SSSR count). The highest BCUT2D eigenvalue weighted by Gasteiger charge is 2.21. The highest BCUT2D eigenvalue weighted by atomic mass is 19.3. The van der Waals surface area contributed by atoms with Crippen molar-refractivity contribution in [3.05, 3.63) is 48.0 Å². The monoisotopic (exact) mass is 390 g/mol. The van der Waals surface area contributed by atoms with Gasteiger partial charge in [0.15, 0.2) is 5.96 Å². The fraction of sp³-hybridized carbons (Fsp3) is 0.421. The quantitative estimate of drug-likeness (QED) is 0.563. The number of carbonyl (C=O) groups excluding carboxylic acids is 1. The van der Waals surface area contributed by atoms with Crippen LogP contribution in [0.2, 0.25) is 0 Å². The second-order valence-electron chi connectivity index (χ2n) is 6.39. The Morgan fingerprint density at radius 3 is 2.71 bits per heavy atom. The molecular weight excluding hydrogens is 366 g/mol. The van der Waals surface area contributed by atoms with Crippen molar-refractivity contribution in [3.8, 4) is 0 Å². The lowest BCUT2D eigenvalue weighted by atomic mass is 10.2. The van der Waals surface area contributed by atoms with Crippen LogP contribution in [-0.4, -0.2) is 34.5 Å². The molecule has 0 aliphatic carbocycles. The topological polar surface area (TPSA) is 74.6 Å². The number of aromatic nitrogens is 2. The van der Waals surface area contributed by atoms with E-state index in [2.05, 4.69) is 20.6 Å². The number of nitrogens with zero attached hydrogens (tertiary/aromatic N) is 4. The van der Waals surface area contributed by atoms with Crippen LogP contribution in [0.15, 0.2) is 41.7 Å². The van der Waals surface area contributed by atoms with Crippen molar-refractivity contribution in [1.82, 2.24) is 20.2 Å². The minimum Gasteiger partial charge on any atom is -0.357 e. The summed E-state index contributed by atoms with van der Waals surface area (Å²) >= 11 is 0. The van der Waals surface area contributed by atoms with E-state index in [9.17, 15) is 13.6 Å². The van der Waals surface area contributed by atoms with Gasteiger partial charge in [0.05, 0.1) is 13.1 Å². The van der Waals surface area contributed by atoms with Gasteiger partial charge in [-0.15, -0.1) is 0 Å². The summed E-state index contributed by atoms with van der Waals surface area (Å²) in [5.74, 6) is 0.914. The number of nitrogens with one attached hydrogen (secondary N) is 2. The molecule has 0 bridgehead atoms. The fourth-order valence-electron chi connectivity index (χ4n) is 3.04. The van der Waals surface area contributed by atoms with Crippen LogP contribution in [0.4, 0.5) is 14.5 Å². The molecule has 1 amide bonds. The van der Waals surface area contributed by atoms with E-state index in [1.165, 1.54) is 12.4 Å². The normalized spacial score (nSPS) is 14.8. The zero-order valence-electron chi connectivity index (χ0n) is 15.7. The summed E-state index contributed by atoms with van der Waals surface area (Å²) in [7, 11) is 0. The molecule has 1 fully saturated rings.